The van der Waals surface area contributed by atoms with E-state index in [9.17, 15) is 18.0 Å². The normalized spacial score (nSPS) is 20.0. The molecule has 1 unspecified atom stereocenters. The van der Waals surface area contributed by atoms with Crippen molar-refractivity contribution in [3.05, 3.63) is 63.6 Å². The molecule has 0 bridgehead atoms. The molecule has 2 aliphatic carbocycles. The molecule has 5 rings (SSSR count). The van der Waals surface area contributed by atoms with Crippen molar-refractivity contribution in [1.82, 2.24) is 14.5 Å². The van der Waals surface area contributed by atoms with Crippen LogP contribution in [-0.4, -0.2) is 14.5 Å². The van der Waals surface area contributed by atoms with Crippen LogP contribution < -0.4 is 10.9 Å². The number of anilines is 1. The minimum atomic E-state index is -2.89. The van der Waals surface area contributed by atoms with Crippen molar-refractivity contribution in [2.45, 2.75) is 51.6 Å². The summed E-state index contributed by atoms with van der Waals surface area (Å²) in [7, 11) is 0. The summed E-state index contributed by atoms with van der Waals surface area (Å²) in [6.45, 7) is 3.43. The van der Waals surface area contributed by atoms with Gasteiger partial charge < -0.3 is 9.88 Å². The average Bonchev–Trinajstić information content (AvgIpc) is 3.64. The van der Waals surface area contributed by atoms with Crippen LogP contribution in [0.2, 0.25) is 0 Å². The summed E-state index contributed by atoms with van der Waals surface area (Å²) in [6, 6.07) is 3.57. The summed E-state index contributed by atoms with van der Waals surface area (Å²) in [4.78, 5) is 21.4. The van der Waals surface area contributed by atoms with Crippen LogP contribution in [0.15, 0.2) is 35.5 Å². The third-order valence-electron chi connectivity index (χ3n) is 6.55. The summed E-state index contributed by atoms with van der Waals surface area (Å²) in [6.07, 6.45) is 3.55. The van der Waals surface area contributed by atoms with Gasteiger partial charge in [-0.1, -0.05) is 18.2 Å². The molecule has 30 heavy (non-hydrogen) atoms. The van der Waals surface area contributed by atoms with Crippen LogP contribution in [0.1, 0.15) is 61.4 Å². The fourth-order valence-corrected chi connectivity index (χ4v) is 4.43. The zero-order valence-electron chi connectivity index (χ0n) is 16.6. The van der Waals surface area contributed by atoms with Gasteiger partial charge >= 0.3 is 0 Å². The second-order valence-corrected chi connectivity index (χ2v) is 8.45. The molecule has 0 radical (unpaired) electrons. The van der Waals surface area contributed by atoms with E-state index in [0.29, 0.717) is 27.7 Å². The van der Waals surface area contributed by atoms with Gasteiger partial charge in [0.2, 0.25) is 0 Å². The van der Waals surface area contributed by atoms with Crippen molar-refractivity contribution in [3.8, 4) is 0 Å². The van der Waals surface area contributed by atoms with E-state index in [1.54, 1.807) is 24.6 Å². The van der Waals surface area contributed by atoms with Gasteiger partial charge in [-0.05, 0) is 38.5 Å². The zero-order valence-corrected chi connectivity index (χ0v) is 16.6. The van der Waals surface area contributed by atoms with Crippen LogP contribution in [0.4, 0.5) is 19.0 Å². The van der Waals surface area contributed by atoms with Gasteiger partial charge in [0.15, 0.2) is 0 Å². The molecule has 156 valence electrons. The molecule has 3 aromatic rings. The quantitative estimate of drug-likeness (QED) is 0.633. The molecule has 1 spiro atoms. The Bertz CT molecular complexity index is 1220. The van der Waals surface area contributed by atoms with Crippen molar-refractivity contribution in [1.29, 1.82) is 0 Å². The maximum Gasteiger partial charge on any atom is 0.266 e. The number of hydrogen-bond acceptors (Lipinski definition) is 4. The molecular formula is C22H21F3N4O. The highest BCUT2D eigenvalue weighted by Crippen LogP contribution is 2.72. The molecule has 2 atom stereocenters. The molecule has 2 fully saturated rings. The number of pyridine rings is 1. The second kappa shape index (κ2) is 6.55. The molecule has 2 aromatic heterocycles. The minimum Gasteiger partial charge on any atom is -0.363 e. The smallest absolute Gasteiger partial charge is 0.266 e. The van der Waals surface area contributed by atoms with E-state index in [4.69, 9.17) is 0 Å². The molecule has 2 aliphatic rings. The number of hydrogen-bond donors (Lipinski definition) is 1. The number of nitrogens with zero attached hydrogens (tertiary/aromatic N) is 3. The SMILES string of the molecule is Cc1c(=O)n(C2CC23CC3)cc2c(N[C@H](C)c3cccc(C(F)F)c3F)ncnc12. The molecular weight excluding hydrogens is 393 g/mol. The van der Waals surface area contributed by atoms with Crippen LogP contribution in [0.25, 0.3) is 10.9 Å². The van der Waals surface area contributed by atoms with E-state index in [1.807, 2.05) is 0 Å². The Hall–Kier alpha value is -2.90. The van der Waals surface area contributed by atoms with E-state index in [0.717, 1.165) is 25.3 Å². The van der Waals surface area contributed by atoms with Crippen LogP contribution in [-0.2, 0) is 0 Å². The van der Waals surface area contributed by atoms with Crippen molar-refractivity contribution in [2.24, 2.45) is 5.41 Å². The molecule has 8 heteroatoms. The molecule has 5 nitrogen and oxygen atoms in total. The Morgan fingerprint density at radius 1 is 1.23 bits per heavy atom. The van der Waals surface area contributed by atoms with Crippen molar-refractivity contribution in [2.75, 3.05) is 5.32 Å². The van der Waals surface area contributed by atoms with Gasteiger partial charge in [0, 0.05) is 23.4 Å². The first-order valence-electron chi connectivity index (χ1n) is 10.0. The molecule has 1 N–H and O–H groups in total. The highest BCUT2D eigenvalue weighted by molar-refractivity contribution is 5.90. The van der Waals surface area contributed by atoms with Crippen molar-refractivity contribution in [3.63, 3.8) is 0 Å². The third-order valence-corrected chi connectivity index (χ3v) is 6.55. The number of fused-ring (bicyclic) bond motifs is 1. The first-order valence-corrected chi connectivity index (χ1v) is 10.0. The number of aromatic nitrogens is 3. The van der Waals surface area contributed by atoms with Gasteiger partial charge in [-0.15, -0.1) is 0 Å². The van der Waals surface area contributed by atoms with Gasteiger partial charge in [-0.25, -0.2) is 23.1 Å². The van der Waals surface area contributed by atoms with E-state index < -0.39 is 23.8 Å². The molecule has 2 heterocycles. The largest absolute Gasteiger partial charge is 0.363 e. The van der Waals surface area contributed by atoms with E-state index in [2.05, 4.69) is 15.3 Å². The van der Waals surface area contributed by atoms with E-state index in [1.165, 1.54) is 18.5 Å². The van der Waals surface area contributed by atoms with Crippen molar-refractivity contribution >= 4 is 16.7 Å². The lowest BCUT2D eigenvalue weighted by Gasteiger charge is -2.19. The fourth-order valence-electron chi connectivity index (χ4n) is 4.43. The Morgan fingerprint density at radius 3 is 2.63 bits per heavy atom. The molecule has 0 amide bonds. The first kappa shape index (κ1) is 19.1. The highest BCUT2D eigenvalue weighted by atomic mass is 19.3. The Balaban J connectivity index is 1.55. The molecule has 2 saturated carbocycles. The summed E-state index contributed by atoms with van der Waals surface area (Å²) in [5.41, 5.74) is 0.821. The topological polar surface area (TPSA) is 59.8 Å². The number of aryl methyl sites for hydroxylation is 1. The van der Waals surface area contributed by atoms with Crippen LogP contribution in [0.5, 0.6) is 0 Å². The lowest BCUT2D eigenvalue weighted by Crippen LogP contribution is -2.23. The first-order chi connectivity index (χ1) is 14.3. The summed E-state index contributed by atoms with van der Waals surface area (Å²) >= 11 is 0. The maximum atomic E-state index is 14.6. The lowest BCUT2D eigenvalue weighted by molar-refractivity contribution is 0.146. The van der Waals surface area contributed by atoms with Gasteiger partial charge in [-0.3, -0.25) is 4.79 Å². The third kappa shape index (κ3) is 2.88. The second-order valence-electron chi connectivity index (χ2n) is 8.45. The number of rotatable bonds is 5. The Morgan fingerprint density at radius 2 is 1.97 bits per heavy atom. The van der Waals surface area contributed by atoms with Gasteiger partial charge in [0.1, 0.15) is 18.0 Å². The Kier molecular flexibility index (Phi) is 4.17. The fraction of sp³-hybridized carbons (Fsp3) is 0.409. The number of nitrogens with one attached hydrogen (secondary N) is 1. The van der Waals surface area contributed by atoms with E-state index in [-0.39, 0.29) is 17.2 Å². The summed E-state index contributed by atoms with van der Waals surface area (Å²) in [5, 5.41) is 3.79. The predicted octanol–water partition coefficient (Wildman–Crippen LogP) is 5.07. The number of alkyl halides is 2. The highest BCUT2D eigenvalue weighted by Gasteiger charge is 2.64. The van der Waals surface area contributed by atoms with Gasteiger partial charge in [0.05, 0.1) is 22.5 Å². The molecule has 0 saturated heterocycles. The zero-order chi connectivity index (χ0) is 21.2. The lowest BCUT2D eigenvalue weighted by atomic mass is 10.0. The van der Waals surface area contributed by atoms with Crippen LogP contribution >= 0.6 is 0 Å². The molecule has 0 aliphatic heterocycles. The summed E-state index contributed by atoms with van der Waals surface area (Å²) < 4.78 is 42.5. The van der Waals surface area contributed by atoms with Gasteiger partial charge in [0.25, 0.3) is 12.0 Å². The summed E-state index contributed by atoms with van der Waals surface area (Å²) in [5.74, 6) is -0.482. The average molecular weight is 414 g/mol. The van der Waals surface area contributed by atoms with Gasteiger partial charge in [-0.2, -0.15) is 0 Å². The molecule has 1 aromatic carbocycles. The van der Waals surface area contributed by atoms with Crippen LogP contribution in [0, 0.1) is 18.2 Å². The predicted molar refractivity (Wildman–Crippen MR) is 107 cm³/mol. The maximum absolute atomic E-state index is 14.6. The van der Waals surface area contributed by atoms with E-state index >= 15 is 0 Å². The number of benzene rings is 1. The minimum absolute atomic E-state index is 0.0512. The van der Waals surface area contributed by atoms with Crippen molar-refractivity contribution < 1.29 is 13.2 Å². The van der Waals surface area contributed by atoms with Crippen LogP contribution in [0.3, 0.4) is 0 Å². The standard InChI is InChI=1S/C22H21F3N4O/c1-11-18-15(9-29(21(11)30)16-8-22(16)6-7-22)20(27-10-26-18)28-12(2)13-4-3-5-14(17(13)23)19(24)25/h3-5,9-10,12,16,19H,6-8H2,1-2H3,(H,26,27,28)/t12-,16?/m1/s1. The number of halogens is 3. The Labute approximate surface area is 171 Å². The monoisotopic (exact) mass is 414 g/mol.